The summed E-state index contributed by atoms with van der Waals surface area (Å²) in [4.78, 5) is 25.7. The highest BCUT2D eigenvalue weighted by Gasteiger charge is 2.18. The fourth-order valence-electron chi connectivity index (χ4n) is 3.74. The first-order valence-electron chi connectivity index (χ1n) is 11.0. The van der Waals surface area contributed by atoms with Crippen molar-refractivity contribution < 1.29 is 19.1 Å². The van der Waals surface area contributed by atoms with E-state index < -0.39 is 17.4 Å². The van der Waals surface area contributed by atoms with Gasteiger partial charge in [-0.2, -0.15) is 0 Å². The van der Waals surface area contributed by atoms with E-state index >= 15 is 0 Å². The molecule has 4 rings (SSSR count). The lowest BCUT2D eigenvalue weighted by molar-refractivity contribution is 0.0949. The number of aliphatic hydroxyl groups excluding tert-OH is 1. The van der Waals surface area contributed by atoms with Crippen molar-refractivity contribution in [1.29, 1.82) is 0 Å². The molecule has 0 spiro atoms. The van der Waals surface area contributed by atoms with Gasteiger partial charge in [-0.1, -0.05) is 35.9 Å². The largest absolute Gasteiger partial charge is 0.497 e. The van der Waals surface area contributed by atoms with Gasteiger partial charge in [-0.05, 0) is 41.5 Å². The SMILES string of the molecule is COc1cccc(C(O)CNCc2cc3c(=O)c(C(=O)NCc4ccc(Cl)cc4)cn(C)c3o2)c1. The second-order valence-corrected chi connectivity index (χ2v) is 8.58. The average molecular weight is 496 g/mol. The molecule has 1 atom stereocenters. The Kier molecular flexibility index (Phi) is 7.55. The van der Waals surface area contributed by atoms with Crippen LogP contribution < -0.4 is 20.8 Å². The molecule has 0 bridgehead atoms. The highest BCUT2D eigenvalue weighted by atomic mass is 35.5. The topological polar surface area (TPSA) is 106 Å². The van der Waals surface area contributed by atoms with Gasteiger partial charge in [0.05, 0.1) is 25.1 Å². The maximum absolute atomic E-state index is 13.0. The Morgan fingerprint density at radius 3 is 2.69 bits per heavy atom. The van der Waals surface area contributed by atoms with Crippen molar-refractivity contribution in [2.75, 3.05) is 13.7 Å². The number of halogens is 1. The second kappa shape index (κ2) is 10.8. The second-order valence-electron chi connectivity index (χ2n) is 8.15. The van der Waals surface area contributed by atoms with Crippen molar-refractivity contribution in [3.63, 3.8) is 0 Å². The number of methoxy groups -OCH3 is 1. The smallest absolute Gasteiger partial charge is 0.257 e. The van der Waals surface area contributed by atoms with Gasteiger partial charge in [0.25, 0.3) is 5.91 Å². The predicted molar refractivity (Wildman–Crippen MR) is 134 cm³/mol. The van der Waals surface area contributed by atoms with Gasteiger partial charge in [0.1, 0.15) is 17.1 Å². The van der Waals surface area contributed by atoms with Gasteiger partial charge in [0.15, 0.2) is 0 Å². The van der Waals surface area contributed by atoms with Crippen molar-refractivity contribution >= 4 is 28.6 Å². The van der Waals surface area contributed by atoms with E-state index in [4.69, 9.17) is 20.8 Å². The van der Waals surface area contributed by atoms with Crippen LogP contribution >= 0.6 is 11.6 Å². The molecule has 2 aromatic heterocycles. The lowest BCUT2D eigenvalue weighted by Gasteiger charge is -2.12. The number of amides is 1. The standard InChI is InChI=1S/C26H26ClN3O5/c1-30-15-22(25(33)29-12-16-6-8-18(27)9-7-16)24(32)21-11-20(35-26(21)30)13-28-14-23(31)17-4-3-5-19(10-17)34-2/h3-11,15,23,28,31H,12-14H2,1-2H3,(H,29,33). The number of hydrogen-bond acceptors (Lipinski definition) is 6. The van der Waals surface area contributed by atoms with Crippen LogP contribution in [0.2, 0.25) is 5.02 Å². The predicted octanol–water partition coefficient (Wildman–Crippen LogP) is 3.55. The van der Waals surface area contributed by atoms with E-state index in [9.17, 15) is 14.7 Å². The van der Waals surface area contributed by atoms with E-state index in [0.717, 1.165) is 11.1 Å². The van der Waals surface area contributed by atoms with Crippen LogP contribution in [0.4, 0.5) is 0 Å². The van der Waals surface area contributed by atoms with Crippen LogP contribution in [0.15, 0.2) is 70.0 Å². The minimum atomic E-state index is -0.739. The van der Waals surface area contributed by atoms with Crippen molar-refractivity contribution in [2.24, 2.45) is 7.05 Å². The van der Waals surface area contributed by atoms with Crippen molar-refractivity contribution in [3.8, 4) is 5.75 Å². The third kappa shape index (κ3) is 5.74. The number of pyridine rings is 1. The summed E-state index contributed by atoms with van der Waals surface area (Å²) in [6.45, 7) is 0.847. The molecule has 35 heavy (non-hydrogen) atoms. The number of benzene rings is 2. The van der Waals surface area contributed by atoms with E-state index in [1.807, 2.05) is 30.3 Å². The molecule has 0 aliphatic carbocycles. The zero-order valence-electron chi connectivity index (χ0n) is 19.4. The molecule has 2 heterocycles. The molecule has 0 aliphatic heterocycles. The van der Waals surface area contributed by atoms with Gasteiger partial charge in [-0.3, -0.25) is 9.59 Å². The normalized spacial score (nSPS) is 12.0. The zero-order chi connectivity index (χ0) is 24.9. The molecule has 8 nitrogen and oxygen atoms in total. The van der Waals surface area contributed by atoms with Gasteiger partial charge in [-0.15, -0.1) is 0 Å². The van der Waals surface area contributed by atoms with Crippen molar-refractivity contribution in [1.82, 2.24) is 15.2 Å². The summed E-state index contributed by atoms with van der Waals surface area (Å²) in [5.41, 5.74) is 1.59. The minimum absolute atomic E-state index is 0.0303. The molecule has 1 amide bonds. The summed E-state index contributed by atoms with van der Waals surface area (Å²) in [6.07, 6.45) is 0.728. The van der Waals surface area contributed by atoms with Gasteiger partial charge in [-0.25, -0.2) is 0 Å². The monoisotopic (exact) mass is 495 g/mol. The third-order valence-electron chi connectivity index (χ3n) is 5.62. The summed E-state index contributed by atoms with van der Waals surface area (Å²) in [5.74, 6) is 0.719. The zero-order valence-corrected chi connectivity index (χ0v) is 20.1. The van der Waals surface area contributed by atoms with Crippen LogP contribution in [0, 0.1) is 0 Å². The number of furan rings is 1. The van der Waals surface area contributed by atoms with Crippen LogP contribution in [0.5, 0.6) is 5.75 Å². The number of aromatic nitrogens is 1. The first-order valence-corrected chi connectivity index (χ1v) is 11.4. The lowest BCUT2D eigenvalue weighted by Crippen LogP contribution is -2.29. The Labute approximate surface area is 207 Å². The van der Waals surface area contributed by atoms with Crippen LogP contribution in [-0.4, -0.2) is 29.2 Å². The molecule has 9 heteroatoms. The number of nitrogens with zero attached hydrogens (tertiary/aromatic N) is 1. The quantitative estimate of drug-likeness (QED) is 0.328. The van der Waals surface area contributed by atoms with E-state index in [-0.39, 0.29) is 18.7 Å². The molecular formula is C26H26ClN3O5. The molecule has 0 saturated heterocycles. The summed E-state index contributed by atoms with van der Waals surface area (Å²) in [5, 5.41) is 17.3. The molecule has 2 aromatic carbocycles. The molecule has 0 fully saturated rings. The number of rotatable bonds is 9. The molecule has 3 N–H and O–H groups in total. The molecule has 4 aromatic rings. The maximum atomic E-state index is 13.0. The van der Waals surface area contributed by atoms with Gasteiger partial charge >= 0.3 is 0 Å². The average Bonchev–Trinajstić information content (AvgIpc) is 3.31. The lowest BCUT2D eigenvalue weighted by atomic mass is 10.1. The first-order chi connectivity index (χ1) is 16.9. The number of nitrogens with one attached hydrogen (secondary N) is 2. The number of fused-ring (bicyclic) bond motifs is 1. The Hall–Kier alpha value is -3.59. The van der Waals surface area contributed by atoms with E-state index in [0.29, 0.717) is 34.2 Å². The Balaban J connectivity index is 1.43. The molecular weight excluding hydrogens is 470 g/mol. The van der Waals surface area contributed by atoms with Crippen molar-refractivity contribution in [3.05, 3.63) is 98.5 Å². The number of carbonyl (C=O) groups excluding carboxylic acids is 1. The number of aliphatic hydroxyl groups is 1. The Morgan fingerprint density at radius 2 is 1.94 bits per heavy atom. The van der Waals surface area contributed by atoms with Gasteiger partial charge in [0.2, 0.25) is 11.1 Å². The van der Waals surface area contributed by atoms with Crippen molar-refractivity contribution in [2.45, 2.75) is 19.2 Å². The molecule has 0 aliphatic rings. The van der Waals surface area contributed by atoms with Gasteiger partial charge in [0, 0.05) is 31.4 Å². The summed E-state index contributed by atoms with van der Waals surface area (Å²) >= 11 is 5.89. The minimum Gasteiger partial charge on any atom is -0.497 e. The molecule has 0 radical (unpaired) electrons. The van der Waals surface area contributed by atoms with Crippen LogP contribution in [0.1, 0.15) is 33.3 Å². The number of aryl methyl sites for hydroxylation is 1. The van der Waals surface area contributed by atoms with E-state index in [2.05, 4.69) is 10.6 Å². The summed E-state index contributed by atoms with van der Waals surface area (Å²) in [7, 11) is 3.29. The number of carbonyl (C=O) groups is 1. The van der Waals surface area contributed by atoms with E-state index in [1.165, 1.54) is 6.20 Å². The Morgan fingerprint density at radius 1 is 1.17 bits per heavy atom. The maximum Gasteiger partial charge on any atom is 0.257 e. The third-order valence-corrected chi connectivity index (χ3v) is 5.87. The summed E-state index contributed by atoms with van der Waals surface area (Å²) < 4.78 is 12.6. The van der Waals surface area contributed by atoms with Gasteiger partial charge < -0.3 is 29.5 Å². The summed E-state index contributed by atoms with van der Waals surface area (Å²) in [6, 6.07) is 15.9. The van der Waals surface area contributed by atoms with E-state index in [1.54, 1.807) is 43.0 Å². The highest BCUT2D eigenvalue weighted by molar-refractivity contribution is 6.30. The highest BCUT2D eigenvalue weighted by Crippen LogP contribution is 2.20. The fraction of sp³-hybridized carbons (Fsp3) is 0.231. The number of hydrogen-bond donors (Lipinski definition) is 3. The molecule has 1 unspecified atom stereocenters. The molecule has 182 valence electrons. The van der Waals surface area contributed by atoms with Crippen LogP contribution in [0.3, 0.4) is 0 Å². The van der Waals surface area contributed by atoms with Crippen LogP contribution in [0.25, 0.3) is 11.1 Å². The fourth-order valence-corrected chi connectivity index (χ4v) is 3.87. The Bertz CT molecular complexity index is 1390. The number of ether oxygens (including phenoxy) is 1. The first kappa shape index (κ1) is 24.5. The van der Waals surface area contributed by atoms with Crippen LogP contribution in [-0.2, 0) is 20.1 Å². The molecule has 0 saturated carbocycles.